The zero-order valence-electron chi connectivity index (χ0n) is 17.5. The van der Waals surface area contributed by atoms with Gasteiger partial charge in [0, 0.05) is 23.2 Å². The smallest absolute Gasteiger partial charge is 0.250 e. The summed E-state index contributed by atoms with van der Waals surface area (Å²) in [4.78, 5) is 16.8. The zero-order valence-corrected chi connectivity index (χ0v) is 18.3. The van der Waals surface area contributed by atoms with Crippen molar-refractivity contribution < 1.29 is 4.79 Å². The Morgan fingerprint density at radius 3 is 2.27 bits per heavy atom. The molecule has 1 amide bonds. The Bertz CT molecular complexity index is 1180. The molecule has 2 N–H and O–H groups in total. The second-order valence-electron chi connectivity index (χ2n) is 7.68. The van der Waals surface area contributed by atoms with Crippen LogP contribution in [0.2, 0.25) is 0 Å². The van der Waals surface area contributed by atoms with Crippen LogP contribution in [-0.2, 0) is 13.0 Å². The maximum absolute atomic E-state index is 12.0. The number of carbonyl (C=O) groups is 1. The summed E-state index contributed by atoms with van der Waals surface area (Å²) in [6.45, 7) is 6.87. The molecule has 0 saturated carbocycles. The molecule has 2 aromatic heterocycles. The highest BCUT2D eigenvalue weighted by Crippen LogP contribution is 2.31. The summed E-state index contributed by atoms with van der Waals surface area (Å²) in [5, 5.41) is 3.02. The Morgan fingerprint density at radius 1 is 1.00 bits per heavy atom. The number of hydrogen-bond acceptors (Lipinski definition) is 3. The molecule has 152 valence electrons. The highest BCUT2D eigenvalue weighted by molar-refractivity contribution is 7.13. The minimum atomic E-state index is -0.406. The Balaban J connectivity index is 1.68. The van der Waals surface area contributed by atoms with Crippen LogP contribution in [0.4, 0.5) is 0 Å². The Morgan fingerprint density at radius 2 is 1.63 bits per heavy atom. The number of rotatable bonds is 6. The molecule has 2 heterocycles. The molecule has 0 aliphatic heterocycles. The molecule has 5 heteroatoms. The van der Waals surface area contributed by atoms with Crippen molar-refractivity contribution in [1.82, 2.24) is 9.55 Å². The van der Waals surface area contributed by atoms with Crippen LogP contribution >= 0.6 is 11.3 Å². The number of amides is 1. The fourth-order valence-corrected chi connectivity index (χ4v) is 4.43. The van der Waals surface area contributed by atoms with Gasteiger partial charge in [0.1, 0.15) is 5.01 Å². The molecule has 0 atom stereocenters. The topological polar surface area (TPSA) is 60.9 Å². The Kier molecular flexibility index (Phi) is 5.55. The summed E-state index contributed by atoms with van der Waals surface area (Å²) in [6.07, 6.45) is 0.871. The van der Waals surface area contributed by atoms with E-state index in [4.69, 9.17) is 10.7 Å². The summed E-state index contributed by atoms with van der Waals surface area (Å²) in [6, 6.07) is 18.8. The first-order chi connectivity index (χ1) is 14.4. The molecule has 0 unspecified atom stereocenters. The number of aromatic nitrogens is 2. The molecular weight excluding hydrogens is 390 g/mol. The van der Waals surface area contributed by atoms with E-state index in [0.29, 0.717) is 5.56 Å². The lowest BCUT2D eigenvalue weighted by molar-refractivity contribution is 0.0999. The van der Waals surface area contributed by atoms with Gasteiger partial charge in [-0.15, -0.1) is 11.3 Å². The fourth-order valence-electron chi connectivity index (χ4n) is 3.61. The lowest BCUT2D eigenvalue weighted by Crippen LogP contribution is -2.13. The molecular formula is C25H25N3OS. The Labute approximate surface area is 181 Å². The van der Waals surface area contributed by atoms with Crippen molar-refractivity contribution in [1.29, 1.82) is 0 Å². The van der Waals surface area contributed by atoms with Crippen LogP contribution in [0.3, 0.4) is 0 Å². The van der Waals surface area contributed by atoms with Gasteiger partial charge in [-0.1, -0.05) is 59.7 Å². The van der Waals surface area contributed by atoms with Crippen LogP contribution in [-0.4, -0.2) is 15.5 Å². The fraction of sp³-hybridized carbons (Fsp3) is 0.200. The van der Waals surface area contributed by atoms with Gasteiger partial charge in [0.05, 0.1) is 17.0 Å². The molecule has 0 radical (unpaired) electrons. The van der Waals surface area contributed by atoms with Crippen molar-refractivity contribution in [3.8, 4) is 22.0 Å². The molecule has 0 bridgehead atoms. The standard InChI is InChI=1S/C25H25N3OS/c1-16-4-8-19(9-5-16)12-13-28-18(3)21(24(26)29)14-23(28)22-15-30-25(27-22)20-10-6-17(2)7-11-20/h4-11,14-15H,12-13H2,1-3H3,(H2,26,29). The second kappa shape index (κ2) is 8.28. The zero-order chi connectivity index (χ0) is 21.3. The summed E-state index contributed by atoms with van der Waals surface area (Å²) < 4.78 is 2.16. The SMILES string of the molecule is Cc1ccc(CCn2c(-c3csc(-c4ccc(C)cc4)n3)cc(C(N)=O)c2C)cc1. The molecule has 4 nitrogen and oxygen atoms in total. The van der Waals surface area contributed by atoms with E-state index >= 15 is 0 Å². The molecule has 4 aromatic rings. The summed E-state index contributed by atoms with van der Waals surface area (Å²) >= 11 is 1.61. The van der Waals surface area contributed by atoms with Crippen LogP contribution in [0, 0.1) is 20.8 Å². The lowest BCUT2D eigenvalue weighted by atomic mass is 10.1. The van der Waals surface area contributed by atoms with E-state index in [2.05, 4.69) is 72.3 Å². The van der Waals surface area contributed by atoms with E-state index in [1.807, 2.05) is 13.0 Å². The van der Waals surface area contributed by atoms with Crippen LogP contribution in [0.5, 0.6) is 0 Å². The van der Waals surface area contributed by atoms with E-state index in [0.717, 1.165) is 40.6 Å². The third-order valence-electron chi connectivity index (χ3n) is 5.44. The summed E-state index contributed by atoms with van der Waals surface area (Å²) in [5.41, 5.74) is 13.7. The molecule has 2 aromatic carbocycles. The number of aryl methyl sites for hydroxylation is 3. The maximum Gasteiger partial charge on any atom is 0.250 e. The molecule has 0 aliphatic rings. The van der Waals surface area contributed by atoms with Crippen molar-refractivity contribution in [2.45, 2.75) is 33.7 Å². The van der Waals surface area contributed by atoms with Gasteiger partial charge in [-0.25, -0.2) is 4.98 Å². The number of carbonyl (C=O) groups excluding carboxylic acids is 1. The third kappa shape index (κ3) is 4.07. The van der Waals surface area contributed by atoms with Crippen molar-refractivity contribution in [3.63, 3.8) is 0 Å². The van der Waals surface area contributed by atoms with Gasteiger partial charge in [-0.05, 0) is 38.8 Å². The van der Waals surface area contributed by atoms with Crippen molar-refractivity contribution in [3.05, 3.63) is 87.9 Å². The largest absolute Gasteiger partial charge is 0.366 e. The molecule has 30 heavy (non-hydrogen) atoms. The minimum Gasteiger partial charge on any atom is -0.366 e. The Hall–Kier alpha value is -3.18. The van der Waals surface area contributed by atoms with Gasteiger partial charge in [-0.2, -0.15) is 0 Å². The number of hydrogen-bond donors (Lipinski definition) is 1. The normalized spacial score (nSPS) is 11.0. The highest BCUT2D eigenvalue weighted by Gasteiger charge is 2.19. The number of thiazole rings is 1. The van der Waals surface area contributed by atoms with E-state index in [1.54, 1.807) is 11.3 Å². The van der Waals surface area contributed by atoms with Gasteiger partial charge in [0.15, 0.2) is 0 Å². The van der Waals surface area contributed by atoms with E-state index in [-0.39, 0.29) is 0 Å². The maximum atomic E-state index is 12.0. The first-order valence-corrected chi connectivity index (χ1v) is 10.9. The summed E-state index contributed by atoms with van der Waals surface area (Å²) in [5.74, 6) is -0.406. The molecule has 0 aliphatic carbocycles. The van der Waals surface area contributed by atoms with Gasteiger partial charge >= 0.3 is 0 Å². The van der Waals surface area contributed by atoms with Gasteiger partial charge in [0.2, 0.25) is 0 Å². The second-order valence-corrected chi connectivity index (χ2v) is 8.54. The van der Waals surface area contributed by atoms with Crippen molar-refractivity contribution >= 4 is 17.2 Å². The number of primary amides is 1. The number of benzene rings is 2. The van der Waals surface area contributed by atoms with Gasteiger partial charge in [0.25, 0.3) is 5.91 Å². The first-order valence-electron chi connectivity index (χ1n) is 10.0. The van der Waals surface area contributed by atoms with Crippen LogP contribution in [0.1, 0.15) is 32.7 Å². The van der Waals surface area contributed by atoms with Crippen LogP contribution in [0.25, 0.3) is 22.0 Å². The van der Waals surface area contributed by atoms with Gasteiger partial charge < -0.3 is 10.3 Å². The van der Waals surface area contributed by atoms with Gasteiger partial charge in [-0.3, -0.25) is 4.79 Å². The number of nitrogens with zero attached hydrogens (tertiary/aromatic N) is 2. The molecule has 0 fully saturated rings. The van der Waals surface area contributed by atoms with E-state index in [1.165, 1.54) is 16.7 Å². The molecule has 0 saturated heterocycles. The minimum absolute atomic E-state index is 0.406. The summed E-state index contributed by atoms with van der Waals surface area (Å²) in [7, 11) is 0. The van der Waals surface area contributed by atoms with E-state index in [9.17, 15) is 4.79 Å². The monoisotopic (exact) mass is 415 g/mol. The lowest BCUT2D eigenvalue weighted by Gasteiger charge is -2.11. The molecule has 0 spiro atoms. The van der Waals surface area contributed by atoms with Crippen LogP contribution < -0.4 is 5.73 Å². The van der Waals surface area contributed by atoms with Crippen molar-refractivity contribution in [2.24, 2.45) is 5.73 Å². The average molecular weight is 416 g/mol. The third-order valence-corrected chi connectivity index (χ3v) is 6.33. The quantitative estimate of drug-likeness (QED) is 0.449. The van der Waals surface area contributed by atoms with E-state index < -0.39 is 5.91 Å². The van der Waals surface area contributed by atoms with Crippen molar-refractivity contribution in [2.75, 3.05) is 0 Å². The average Bonchev–Trinajstić information content (AvgIpc) is 3.33. The molecule has 4 rings (SSSR count). The number of nitrogens with two attached hydrogens (primary N) is 1. The first kappa shape index (κ1) is 20.1. The van der Waals surface area contributed by atoms with Crippen LogP contribution in [0.15, 0.2) is 60.0 Å². The predicted octanol–water partition coefficient (Wildman–Crippen LogP) is 5.55. The highest BCUT2D eigenvalue weighted by atomic mass is 32.1. The predicted molar refractivity (Wildman–Crippen MR) is 124 cm³/mol.